The summed E-state index contributed by atoms with van der Waals surface area (Å²) in [4.78, 5) is 24.4. The molecule has 0 aliphatic carbocycles. The van der Waals surface area contributed by atoms with Gasteiger partial charge in [-0.3, -0.25) is 9.69 Å². The van der Waals surface area contributed by atoms with Gasteiger partial charge in [-0.05, 0) is 32.9 Å². The molecule has 1 amide bonds. The zero-order valence-electron chi connectivity index (χ0n) is 15.2. The third-order valence-electron chi connectivity index (χ3n) is 4.66. The number of carbonyl (C=O) groups is 1. The molecule has 0 saturated carbocycles. The third kappa shape index (κ3) is 4.60. The predicted octanol–water partition coefficient (Wildman–Crippen LogP) is 2.06. The van der Waals surface area contributed by atoms with Gasteiger partial charge >= 0.3 is 0 Å². The van der Waals surface area contributed by atoms with Gasteiger partial charge in [-0.2, -0.15) is 0 Å². The Hall–Kier alpha value is -2.34. The molecule has 2 aromatic rings. The van der Waals surface area contributed by atoms with Crippen molar-refractivity contribution in [3.05, 3.63) is 47.0 Å². The number of H-pyrrole nitrogens is 1. The van der Waals surface area contributed by atoms with Crippen LogP contribution in [0.2, 0.25) is 0 Å². The topological polar surface area (TPSA) is 61.5 Å². The molecule has 1 aliphatic rings. The molecule has 134 valence electrons. The predicted molar refractivity (Wildman–Crippen MR) is 96.6 cm³/mol. The second-order valence-electron chi connectivity index (χ2n) is 6.65. The summed E-state index contributed by atoms with van der Waals surface area (Å²) in [6, 6.07) is 7.76. The fourth-order valence-corrected chi connectivity index (χ4v) is 2.93. The first-order chi connectivity index (χ1) is 12.0. The van der Waals surface area contributed by atoms with Crippen LogP contribution in [0.4, 0.5) is 0 Å². The molecule has 0 unspecified atom stereocenters. The van der Waals surface area contributed by atoms with Gasteiger partial charge in [0, 0.05) is 31.9 Å². The van der Waals surface area contributed by atoms with Gasteiger partial charge in [-0.1, -0.05) is 17.7 Å². The molecule has 1 N–H and O–H groups in total. The van der Waals surface area contributed by atoms with E-state index in [1.165, 1.54) is 5.56 Å². The molecular weight excluding hydrogens is 316 g/mol. The minimum absolute atomic E-state index is 0.0462. The third-order valence-corrected chi connectivity index (χ3v) is 4.66. The standard InChI is InChI=1S/C19H26N4O2/c1-14-4-6-17(7-5-14)25-13-19(24)23-10-8-22(9-11-23)12-18-20-15(2)16(3)21-18/h4-7H,8-13H2,1-3H3,(H,20,21). The van der Waals surface area contributed by atoms with E-state index in [-0.39, 0.29) is 12.5 Å². The molecule has 6 heteroatoms. The molecule has 2 heterocycles. The number of ether oxygens (including phenoxy) is 1. The summed E-state index contributed by atoms with van der Waals surface area (Å²) in [7, 11) is 0. The molecule has 1 aromatic carbocycles. The van der Waals surface area contributed by atoms with Gasteiger partial charge in [0.05, 0.1) is 12.2 Å². The second-order valence-corrected chi connectivity index (χ2v) is 6.65. The first-order valence-electron chi connectivity index (χ1n) is 8.73. The highest BCUT2D eigenvalue weighted by molar-refractivity contribution is 5.77. The lowest BCUT2D eigenvalue weighted by molar-refractivity contribution is -0.135. The van der Waals surface area contributed by atoms with Crippen molar-refractivity contribution < 1.29 is 9.53 Å². The van der Waals surface area contributed by atoms with Crippen molar-refractivity contribution in [3.63, 3.8) is 0 Å². The molecule has 0 spiro atoms. The first-order valence-corrected chi connectivity index (χ1v) is 8.73. The smallest absolute Gasteiger partial charge is 0.260 e. The number of amides is 1. The molecule has 1 aliphatic heterocycles. The van der Waals surface area contributed by atoms with Crippen molar-refractivity contribution in [2.75, 3.05) is 32.8 Å². The molecule has 25 heavy (non-hydrogen) atoms. The average molecular weight is 342 g/mol. The number of aromatic nitrogens is 2. The molecular formula is C19H26N4O2. The Morgan fingerprint density at radius 3 is 2.40 bits per heavy atom. The highest BCUT2D eigenvalue weighted by Crippen LogP contribution is 2.12. The van der Waals surface area contributed by atoms with E-state index in [0.717, 1.165) is 55.7 Å². The van der Waals surface area contributed by atoms with Crippen LogP contribution in [-0.2, 0) is 11.3 Å². The van der Waals surface area contributed by atoms with Crippen molar-refractivity contribution in [2.24, 2.45) is 0 Å². The van der Waals surface area contributed by atoms with Gasteiger partial charge < -0.3 is 14.6 Å². The Kier molecular flexibility index (Phi) is 5.38. The SMILES string of the molecule is Cc1ccc(OCC(=O)N2CCN(Cc3nc(C)c(C)[nH]3)CC2)cc1. The lowest BCUT2D eigenvalue weighted by Gasteiger charge is -2.34. The van der Waals surface area contributed by atoms with E-state index in [1.807, 2.05) is 49.9 Å². The largest absolute Gasteiger partial charge is 0.484 e. The van der Waals surface area contributed by atoms with Crippen LogP contribution in [0.1, 0.15) is 22.8 Å². The van der Waals surface area contributed by atoms with E-state index in [1.54, 1.807) is 0 Å². The molecule has 1 saturated heterocycles. The number of imidazole rings is 1. The van der Waals surface area contributed by atoms with Gasteiger partial charge in [-0.25, -0.2) is 4.98 Å². The zero-order chi connectivity index (χ0) is 17.8. The molecule has 0 atom stereocenters. The molecule has 3 rings (SSSR count). The minimum Gasteiger partial charge on any atom is -0.484 e. The van der Waals surface area contributed by atoms with Crippen molar-refractivity contribution in [1.82, 2.24) is 19.8 Å². The number of nitrogens with one attached hydrogen (secondary N) is 1. The van der Waals surface area contributed by atoms with Gasteiger partial charge in [0.25, 0.3) is 5.91 Å². The van der Waals surface area contributed by atoms with Crippen LogP contribution in [0.15, 0.2) is 24.3 Å². The van der Waals surface area contributed by atoms with E-state index in [4.69, 9.17) is 4.74 Å². The van der Waals surface area contributed by atoms with Crippen LogP contribution in [0.3, 0.4) is 0 Å². The van der Waals surface area contributed by atoms with E-state index in [2.05, 4.69) is 14.9 Å². The van der Waals surface area contributed by atoms with Crippen LogP contribution < -0.4 is 4.74 Å². The zero-order valence-corrected chi connectivity index (χ0v) is 15.2. The van der Waals surface area contributed by atoms with Crippen LogP contribution in [0.5, 0.6) is 5.75 Å². The number of aryl methyl sites for hydroxylation is 3. The monoisotopic (exact) mass is 342 g/mol. The summed E-state index contributed by atoms with van der Waals surface area (Å²) < 4.78 is 5.59. The molecule has 6 nitrogen and oxygen atoms in total. The number of carbonyl (C=O) groups excluding carboxylic acids is 1. The Bertz CT molecular complexity index is 696. The number of hydrogen-bond donors (Lipinski definition) is 1. The van der Waals surface area contributed by atoms with Crippen molar-refractivity contribution >= 4 is 5.91 Å². The Morgan fingerprint density at radius 1 is 1.12 bits per heavy atom. The average Bonchev–Trinajstić information content (AvgIpc) is 2.92. The second kappa shape index (κ2) is 7.70. The fraction of sp³-hybridized carbons (Fsp3) is 0.474. The van der Waals surface area contributed by atoms with Crippen LogP contribution >= 0.6 is 0 Å². The van der Waals surface area contributed by atoms with E-state index in [9.17, 15) is 4.79 Å². The van der Waals surface area contributed by atoms with E-state index >= 15 is 0 Å². The van der Waals surface area contributed by atoms with E-state index in [0.29, 0.717) is 0 Å². The summed E-state index contributed by atoms with van der Waals surface area (Å²) >= 11 is 0. The Balaban J connectivity index is 1.43. The van der Waals surface area contributed by atoms with E-state index < -0.39 is 0 Å². The lowest BCUT2D eigenvalue weighted by atomic mass is 10.2. The number of rotatable bonds is 5. The maximum Gasteiger partial charge on any atom is 0.260 e. The highest BCUT2D eigenvalue weighted by Gasteiger charge is 2.22. The van der Waals surface area contributed by atoms with Gasteiger partial charge in [-0.15, -0.1) is 0 Å². The number of hydrogen-bond acceptors (Lipinski definition) is 4. The fourth-order valence-electron chi connectivity index (χ4n) is 2.93. The van der Waals surface area contributed by atoms with Crippen molar-refractivity contribution in [1.29, 1.82) is 0 Å². The molecule has 1 aromatic heterocycles. The van der Waals surface area contributed by atoms with Crippen LogP contribution in [0.25, 0.3) is 0 Å². The van der Waals surface area contributed by atoms with Crippen LogP contribution in [-0.4, -0.2) is 58.5 Å². The molecule has 1 fully saturated rings. The molecule has 0 radical (unpaired) electrons. The summed E-state index contributed by atoms with van der Waals surface area (Å²) in [5.74, 6) is 1.78. The summed E-state index contributed by atoms with van der Waals surface area (Å²) in [5, 5.41) is 0. The number of benzene rings is 1. The summed E-state index contributed by atoms with van der Waals surface area (Å²) in [5.41, 5.74) is 3.35. The van der Waals surface area contributed by atoms with Gasteiger partial charge in [0.2, 0.25) is 0 Å². The Labute approximate surface area is 148 Å². The lowest BCUT2D eigenvalue weighted by Crippen LogP contribution is -2.49. The number of piperazine rings is 1. The van der Waals surface area contributed by atoms with Gasteiger partial charge in [0.1, 0.15) is 11.6 Å². The number of nitrogens with zero attached hydrogens (tertiary/aromatic N) is 3. The highest BCUT2D eigenvalue weighted by atomic mass is 16.5. The first kappa shape index (κ1) is 17.5. The van der Waals surface area contributed by atoms with Crippen molar-refractivity contribution in [3.8, 4) is 5.75 Å². The summed E-state index contributed by atoms with van der Waals surface area (Å²) in [6.07, 6.45) is 0. The Morgan fingerprint density at radius 2 is 1.80 bits per heavy atom. The van der Waals surface area contributed by atoms with Crippen LogP contribution in [0, 0.1) is 20.8 Å². The van der Waals surface area contributed by atoms with Crippen molar-refractivity contribution in [2.45, 2.75) is 27.3 Å². The minimum atomic E-state index is 0.0462. The molecule has 0 bridgehead atoms. The normalized spacial score (nSPS) is 15.4. The summed E-state index contributed by atoms with van der Waals surface area (Å²) in [6.45, 7) is 10.2. The van der Waals surface area contributed by atoms with Gasteiger partial charge in [0.15, 0.2) is 6.61 Å². The quantitative estimate of drug-likeness (QED) is 0.903. The maximum absolute atomic E-state index is 12.3. The number of aromatic amines is 1. The maximum atomic E-state index is 12.3.